The molecule has 20 heavy (non-hydrogen) atoms. The zero-order chi connectivity index (χ0) is 14.2. The molecule has 0 aliphatic heterocycles. The predicted molar refractivity (Wildman–Crippen MR) is 76.8 cm³/mol. The molecule has 1 aromatic heterocycles. The van der Waals surface area contributed by atoms with Crippen LogP contribution in [0.4, 0.5) is 4.39 Å². The van der Waals surface area contributed by atoms with Crippen molar-refractivity contribution < 1.29 is 4.39 Å². The highest BCUT2D eigenvalue weighted by Crippen LogP contribution is 2.05. The zero-order valence-electron chi connectivity index (χ0n) is 11.4. The molecule has 0 saturated carbocycles. The fraction of sp³-hybridized carbons (Fsp3) is 0.286. The third-order valence-corrected chi connectivity index (χ3v) is 2.82. The summed E-state index contributed by atoms with van der Waals surface area (Å²) >= 11 is 0. The molecule has 0 radical (unpaired) electrons. The second kappa shape index (κ2) is 7.28. The van der Waals surface area contributed by atoms with Gasteiger partial charge in [0.05, 0.1) is 6.54 Å². The van der Waals surface area contributed by atoms with E-state index in [9.17, 15) is 4.39 Å². The summed E-state index contributed by atoms with van der Waals surface area (Å²) in [5, 5.41) is 10.3. The lowest BCUT2D eigenvalue weighted by Crippen LogP contribution is -2.38. The third kappa shape index (κ3) is 4.08. The van der Waals surface area contributed by atoms with Crippen molar-refractivity contribution in [2.24, 2.45) is 4.99 Å². The van der Waals surface area contributed by atoms with E-state index in [-0.39, 0.29) is 5.82 Å². The molecule has 2 aromatic rings. The molecule has 0 saturated heterocycles. The van der Waals surface area contributed by atoms with Crippen LogP contribution < -0.4 is 10.6 Å². The number of nitrogens with zero attached hydrogens (tertiary/aromatic N) is 3. The Morgan fingerprint density at radius 3 is 2.85 bits per heavy atom. The van der Waals surface area contributed by atoms with Crippen LogP contribution in [0.1, 0.15) is 5.56 Å². The van der Waals surface area contributed by atoms with Crippen molar-refractivity contribution in [3.63, 3.8) is 0 Å². The monoisotopic (exact) mass is 275 g/mol. The molecule has 0 amide bonds. The van der Waals surface area contributed by atoms with Gasteiger partial charge in [0.25, 0.3) is 0 Å². The van der Waals surface area contributed by atoms with E-state index in [0.29, 0.717) is 24.6 Å². The number of halogens is 1. The second-order valence-corrected chi connectivity index (χ2v) is 4.21. The van der Waals surface area contributed by atoms with Gasteiger partial charge in [0.15, 0.2) is 5.96 Å². The van der Waals surface area contributed by atoms with Crippen molar-refractivity contribution in [1.82, 2.24) is 20.4 Å². The molecule has 1 heterocycles. The molecular formula is C14H18FN5. The van der Waals surface area contributed by atoms with Gasteiger partial charge in [-0.05, 0) is 12.1 Å². The van der Waals surface area contributed by atoms with E-state index in [1.165, 1.54) is 6.07 Å². The van der Waals surface area contributed by atoms with E-state index < -0.39 is 0 Å². The molecule has 0 bridgehead atoms. The Morgan fingerprint density at radius 2 is 2.15 bits per heavy atom. The van der Waals surface area contributed by atoms with Crippen LogP contribution in [-0.2, 0) is 13.1 Å². The summed E-state index contributed by atoms with van der Waals surface area (Å²) in [5.74, 6) is 0.424. The van der Waals surface area contributed by atoms with Gasteiger partial charge in [-0.15, -0.1) is 0 Å². The van der Waals surface area contributed by atoms with Gasteiger partial charge in [0.2, 0.25) is 0 Å². The zero-order valence-corrected chi connectivity index (χ0v) is 11.4. The topological polar surface area (TPSA) is 54.2 Å². The van der Waals surface area contributed by atoms with Crippen LogP contribution >= 0.6 is 0 Å². The Bertz CT molecular complexity index is 550. The van der Waals surface area contributed by atoms with E-state index >= 15 is 0 Å². The molecule has 0 spiro atoms. The van der Waals surface area contributed by atoms with E-state index in [2.05, 4.69) is 20.7 Å². The second-order valence-electron chi connectivity index (χ2n) is 4.21. The van der Waals surface area contributed by atoms with Crippen LogP contribution in [-0.4, -0.2) is 29.3 Å². The highest BCUT2D eigenvalue weighted by Gasteiger charge is 2.02. The first kappa shape index (κ1) is 14.0. The van der Waals surface area contributed by atoms with Gasteiger partial charge in [-0.3, -0.25) is 9.67 Å². The van der Waals surface area contributed by atoms with E-state index in [0.717, 1.165) is 6.54 Å². The van der Waals surface area contributed by atoms with Gasteiger partial charge >= 0.3 is 0 Å². The van der Waals surface area contributed by atoms with E-state index in [1.807, 2.05) is 23.0 Å². The number of hydrogen-bond acceptors (Lipinski definition) is 2. The summed E-state index contributed by atoms with van der Waals surface area (Å²) < 4.78 is 15.3. The molecule has 0 fully saturated rings. The maximum atomic E-state index is 13.5. The van der Waals surface area contributed by atoms with Gasteiger partial charge in [-0.2, -0.15) is 5.10 Å². The lowest BCUT2D eigenvalue weighted by Gasteiger charge is -2.12. The average Bonchev–Trinajstić information content (AvgIpc) is 2.97. The fourth-order valence-electron chi connectivity index (χ4n) is 1.76. The quantitative estimate of drug-likeness (QED) is 0.640. The largest absolute Gasteiger partial charge is 0.355 e. The SMILES string of the molecule is CN=C(NCCn1cccn1)NCc1ccccc1F. The molecule has 106 valence electrons. The predicted octanol–water partition coefficient (Wildman–Crippen LogP) is 1.39. The molecule has 2 N–H and O–H groups in total. The van der Waals surface area contributed by atoms with Gasteiger partial charge < -0.3 is 10.6 Å². The summed E-state index contributed by atoms with van der Waals surface area (Å²) in [6.07, 6.45) is 3.64. The summed E-state index contributed by atoms with van der Waals surface area (Å²) in [7, 11) is 1.69. The molecule has 0 aliphatic carbocycles. The standard InChI is InChI=1S/C14H18FN5/c1-16-14(17-8-10-20-9-4-7-19-20)18-11-12-5-2-3-6-13(12)15/h2-7,9H,8,10-11H2,1H3,(H2,16,17,18). The summed E-state index contributed by atoms with van der Waals surface area (Å²) in [6.45, 7) is 1.83. The van der Waals surface area contributed by atoms with E-state index in [1.54, 1.807) is 25.4 Å². The number of rotatable bonds is 5. The van der Waals surface area contributed by atoms with Gasteiger partial charge in [0.1, 0.15) is 5.82 Å². The summed E-state index contributed by atoms with van der Waals surface area (Å²) in [4.78, 5) is 4.09. The summed E-state index contributed by atoms with van der Waals surface area (Å²) in [5.41, 5.74) is 0.613. The highest BCUT2D eigenvalue weighted by molar-refractivity contribution is 5.79. The first-order valence-electron chi connectivity index (χ1n) is 6.45. The molecule has 2 rings (SSSR count). The molecule has 1 aromatic carbocycles. The van der Waals surface area contributed by atoms with Crippen molar-refractivity contribution in [3.8, 4) is 0 Å². The maximum absolute atomic E-state index is 13.5. The number of hydrogen-bond donors (Lipinski definition) is 2. The van der Waals surface area contributed by atoms with Crippen LogP contribution in [0.3, 0.4) is 0 Å². The lowest BCUT2D eigenvalue weighted by atomic mass is 10.2. The molecule has 6 heteroatoms. The van der Waals surface area contributed by atoms with Crippen LogP contribution in [0.15, 0.2) is 47.7 Å². The normalized spacial score (nSPS) is 11.4. The van der Waals surface area contributed by atoms with Gasteiger partial charge in [0, 0.05) is 38.1 Å². The lowest BCUT2D eigenvalue weighted by molar-refractivity contribution is 0.591. The molecular weight excluding hydrogens is 257 g/mol. The minimum atomic E-state index is -0.216. The van der Waals surface area contributed by atoms with Crippen LogP contribution in [0.25, 0.3) is 0 Å². The Balaban J connectivity index is 1.77. The minimum Gasteiger partial charge on any atom is -0.355 e. The number of benzene rings is 1. The van der Waals surface area contributed by atoms with Crippen LogP contribution in [0, 0.1) is 5.82 Å². The van der Waals surface area contributed by atoms with Crippen LogP contribution in [0.5, 0.6) is 0 Å². The van der Waals surface area contributed by atoms with Crippen molar-refractivity contribution in [2.75, 3.05) is 13.6 Å². The van der Waals surface area contributed by atoms with Crippen LogP contribution in [0.2, 0.25) is 0 Å². The molecule has 0 unspecified atom stereocenters. The number of aromatic nitrogens is 2. The van der Waals surface area contributed by atoms with Gasteiger partial charge in [-0.25, -0.2) is 4.39 Å². The number of guanidine groups is 1. The highest BCUT2D eigenvalue weighted by atomic mass is 19.1. The van der Waals surface area contributed by atoms with E-state index in [4.69, 9.17) is 0 Å². The Morgan fingerprint density at radius 1 is 1.30 bits per heavy atom. The smallest absolute Gasteiger partial charge is 0.191 e. The molecule has 0 atom stereocenters. The Hall–Kier alpha value is -2.37. The Labute approximate surface area is 117 Å². The van der Waals surface area contributed by atoms with Crippen molar-refractivity contribution in [3.05, 3.63) is 54.1 Å². The number of aliphatic imine (C=N–C) groups is 1. The minimum absolute atomic E-state index is 0.216. The van der Waals surface area contributed by atoms with Gasteiger partial charge in [-0.1, -0.05) is 18.2 Å². The Kier molecular flexibility index (Phi) is 5.11. The average molecular weight is 275 g/mol. The van der Waals surface area contributed by atoms with Crippen molar-refractivity contribution in [1.29, 1.82) is 0 Å². The molecule has 0 aliphatic rings. The maximum Gasteiger partial charge on any atom is 0.191 e. The van der Waals surface area contributed by atoms with Crippen molar-refractivity contribution in [2.45, 2.75) is 13.1 Å². The fourth-order valence-corrected chi connectivity index (χ4v) is 1.76. The van der Waals surface area contributed by atoms with Crippen molar-refractivity contribution >= 4 is 5.96 Å². The number of nitrogens with one attached hydrogen (secondary N) is 2. The third-order valence-electron chi connectivity index (χ3n) is 2.82. The molecule has 5 nitrogen and oxygen atoms in total. The first-order chi connectivity index (χ1) is 9.79. The first-order valence-corrected chi connectivity index (χ1v) is 6.45. The summed E-state index contributed by atoms with van der Waals surface area (Å²) in [6, 6.07) is 8.57.